The second kappa shape index (κ2) is 13.7. The topological polar surface area (TPSA) is 99.8 Å². The molecule has 0 radical (unpaired) electrons. The van der Waals surface area contributed by atoms with Gasteiger partial charge in [0.1, 0.15) is 5.60 Å². The predicted molar refractivity (Wildman–Crippen MR) is 127 cm³/mol. The maximum absolute atomic E-state index is 12.5. The number of hydrogen-bond donors (Lipinski definition) is 1. The first-order valence-corrected chi connectivity index (χ1v) is 11.2. The molecule has 1 unspecified atom stereocenters. The zero-order chi connectivity index (χ0) is 26.6. The van der Waals surface area contributed by atoms with E-state index in [2.05, 4.69) is 9.97 Å². The van der Waals surface area contributed by atoms with Crippen molar-refractivity contribution in [1.82, 2.24) is 14.9 Å². The Hall–Kier alpha value is -3.08. The van der Waals surface area contributed by atoms with E-state index in [-0.39, 0.29) is 24.8 Å². The van der Waals surface area contributed by atoms with Crippen molar-refractivity contribution in [3.63, 3.8) is 0 Å². The van der Waals surface area contributed by atoms with Crippen molar-refractivity contribution in [3.8, 4) is 5.75 Å². The van der Waals surface area contributed by atoms with Crippen molar-refractivity contribution >= 4 is 12.0 Å². The highest BCUT2D eigenvalue weighted by Crippen LogP contribution is 2.29. The fourth-order valence-electron chi connectivity index (χ4n) is 2.79. The van der Waals surface area contributed by atoms with Crippen LogP contribution in [0.1, 0.15) is 52.2 Å². The lowest BCUT2D eigenvalue weighted by Crippen LogP contribution is -2.36. The number of rotatable bonds is 4. The van der Waals surface area contributed by atoms with Crippen LogP contribution in [0.2, 0.25) is 0 Å². The second-order valence-corrected chi connectivity index (χ2v) is 8.32. The lowest BCUT2D eigenvalue weighted by atomic mass is 10.1. The minimum absolute atomic E-state index is 0.139. The summed E-state index contributed by atoms with van der Waals surface area (Å²) in [6.45, 7) is 10.6. The summed E-state index contributed by atoms with van der Waals surface area (Å²) in [5.74, 6) is 0.875. The number of amides is 1. The minimum atomic E-state index is -4.33. The first kappa shape index (κ1) is 30.0. The third-order valence-electron chi connectivity index (χ3n) is 4.45. The number of nitrogens with two attached hydrogens (primary N) is 1. The molecule has 8 nitrogen and oxygen atoms in total. The number of anilines is 1. The van der Waals surface area contributed by atoms with Crippen LogP contribution in [0.25, 0.3) is 0 Å². The monoisotopic (exact) mass is 500 g/mol. The summed E-state index contributed by atoms with van der Waals surface area (Å²) in [7, 11) is 1.55. The predicted octanol–water partition coefficient (Wildman–Crippen LogP) is 5.33. The van der Waals surface area contributed by atoms with Crippen molar-refractivity contribution in [1.29, 1.82) is 0 Å². The molecule has 11 heteroatoms. The molecule has 1 aliphatic heterocycles. The highest BCUT2D eigenvalue weighted by atomic mass is 19.4. The van der Waals surface area contributed by atoms with E-state index in [1.54, 1.807) is 32.8 Å². The Morgan fingerprint density at radius 3 is 2.17 bits per heavy atom. The van der Waals surface area contributed by atoms with Crippen LogP contribution in [0.4, 0.5) is 23.9 Å². The molecule has 0 spiro atoms. The Morgan fingerprint density at radius 2 is 1.69 bits per heavy atom. The molecule has 0 aliphatic carbocycles. The summed E-state index contributed by atoms with van der Waals surface area (Å²) < 4.78 is 53.3. The third-order valence-corrected chi connectivity index (χ3v) is 4.45. The van der Waals surface area contributed by atoms with Crippen LogP contribution in [0.5, 0.6) is 5.75 Å². The Bertz CT molecular complexity index is 886. The summed E-state index contributed by atoms with van der Waals surface area (Å²) in [4.78, 5) is 20.9. The van der Waals surface area contributed by atoms with Gasteiger partial charge in [-0.25, -0.2) is 14.8 Å². The number of ether oxygens (including phenoxy) is 3. The maximum Gasteiger partial charge on any atom is 0.416 e. The SMILES string of the molecule is CC.CC(C)(C)OC(=O)N1CCC(OCc2ccc(C(F)(F)F)cc2)C1.COc1cnc(N)nc1. The molecule has 2 heterocycles. The fraction of sp³-hybridized carbons (Fsp3) is 0.542. The lowest BCUT2D eigenvalue weighted by Gasteiger charge is -2.24. The van der Waals surface area contributed by atoms with E-state index in [1.165, 1.54) is 24.5 Å². The Morgan fingerprint density at radius 1 is 1.11 bits per heavy atom. The first-order chi connectivity index (χ1) is 16.4. The molecule has 35 heavy (non-hydrogen) atoms. The van der Waals surface area contributed by atoms with Gasteiger partial charge < -0.3 is 24.8 Å². The first-order valence-electron chi connectivity index (χ1n) is 11.2. The molecular weight excluding hydrogens is 465 g/mol. The average molecular weight is 501 g/mol. The third kappa shape index (κ3) is 11.3. The lowest BCUT2D eigenvalue weighted by molar-refractivity contribution is -0.137. The standard InChI is InChI=1S/C17H22F3NO3.C5H7N3O.C2H6/c1-16(2,3)24-15(22)21-9-8-14(10-21)23-11-12-4-6-13(7-5-12)17(18,19)20;1-9-4-2-7-5(6)8-3-4;1-2/h4-7,14H,8-11H2,1-3H3;2-3H,1H3,(H2,6,7,8);1-2H3. The molecule has 0 bridgehead atoms. The van der Waals surface area contributed by atoms with E-state index in [9.17, 15) is 18.0 Å². The number of likely N-dealkylation sites (tertiary alicyclic amines) is 1. The van der Waals surface area contributed by atoms with E-state index in [4.69, 9.17) is 19.9 Å². The number of alkyl halides is 3. The van der Waals surface area contributed by atoms with E-state index < -0.39 is 17.3 Å². The fourth-order valence-corrected chi connectivity index (χ4v) is 2.79. The Labute approximate surface area is 204 Å². The van der Waals surface area contributed by atoms with Crippen molar-refractivity contribution < 1.29 is 32.2 Å². The highest BCUT2D eigenvalue weighted by Gasteiger charge is 2.31. The molecule has 1 fully saturated rings. The molecule has 1 aromatic carbocycles. The van der Waals surface area contributed by atoms with E-state index >= 15 is 0 Å². The smallest absolute Gasteiger partial charge is 0.416 e. The molecule has 1 aromatic heterocycles. The molecule has 1 atom stereocenters. The van der Waals surface area contributed by atoms with Crippen molar-refractivity contribution in [2.24, 2.45) is 0 Å². The summed E-state index contributed by atoms with van der Waals surface area (Å²) in [5, 5.41) is 0. The van der Waals surface area contributed by atoms with Crippen molar-refractivity contribution in [3.05, 3.63) is 47.8 Å². The molecule has 1 aliphatic rings. The largest absolute Gasteiger partial charge is 0.494 e. The Balaban J connectivity index is 0.000000464. The van der Waals surface area contributed by atoms with Crippen LogP contribution in [-0.4, -0.2) is 52.9 Å². The molecule has 2 aromatic rings. The quantitative estimate of drug-likeness (QED) is 0.606. The number of hydrogen-bond acceptors (Lipinski definition) is 7. The normalized spacial score (nSPS) is 15.3. The van der Waals surface area contributed by atoms with E-state index in [0.29, 0.717) is 30.8 Å². The second-order valence-electron chi connectivity index (χ2n) is 8.32. The molecule has 0 saturated carbocycles. The number of nitrogens with zero attached hydrogens (tertiary/aromatic N) is 3. The van der Waals surface area contributed by atoms with Gasteiger partial charge in [-0.05, 0) is 44.9 Å². The van der Waals surface area contributed by atoms with Gasteiger partial charge in [0, 0.05) is 6.54 Å². The average Bonchev–Trinajstić information content (AvgIpc) is 3.28. The number of benzene rings is 1. The summed E-state index contributed by atoms with van der Waals surface area (Å²) >= 11 is 0. The van der Waals surface area contributed by atoms with Gasteiger partial charge >= 0.3 is 12.3 Å². The van der Waals surface area contributed by atoms with Crippen LogP contribution in [0.3, 0.4) is 0 Å². The molecule has 1 amide bonds. The number of carbonyl (C=O) groups excluding carboxylic acids is 1. The number of aromatic nitrogens is 2. The van der Waals surface area contributed by atoms with Gasteiger partial charge in [0.05, 0.1) is 44.3 Å². The van der Waals surface area contributed by atoms with E-state index in [0.717, 1.165) is 12.1 Å². The molecule has 2 N–H and O–H groups in total. The number of methoxy groups -OCH3 is 1. The van der Waals surface area contributed by atoms with Crippen molar-refractivity contribution in [2.75, 3.05) is 25.9 Å². The van der Waals surface area contributed by atoms with E-state index in [1.807, 2.05) is 13.8 Å². The minimum Gasteiger partial charge on any atom is -0.494 e. The van der Waals surface area contributed by atoms with Crippen LogP contribution >= 0.6 is 0 Å². The van der Waals surface area contributed by atoms with Gasteiger partial charge in [-0.2, -0.15) is 13.2 Å². The molecule has 1 saturated heterocycles. The summed E-state index contributed by atoms with van der Waals surface area (Å²) in [6.07, 6.45) is -1.13. The van der Waals surface area contributed by atoms with Gasteiger partial charge in [-0.1, -0.05) is 26.0 Å². The van der Waals surface area contributed by atoms with Crippen LogP contribution in [-0.2, 0) is 22.3 Å². The van der Waals surface area contributed by atoms with Crippen molar-refractivity contribution in [2.45, 2.75) is 65.5 Å². The Kier molecular flexibility index (Phi) is 11.7. The zero-order valence-electron chi connectivity index (χ0n) is 21.1. The maximum atomic E-state index is 12.5. The van der Waals surface area contributed by atoms with Gasteiger partial charge in [0.25, 0.3) is 0 Å². The highest BCUT2D eigenvalue weighted by molar-refractivity contribution is 5.68. The van der Waals surface area contributed by atoms with Crippen LogP contribution in [0, 0.1) is 0 Å². The van der Waals surface area contributed by atoms with Gasteiger partial charge in [-0.15, -0.1) is 0 Å². The van der Waals surface area contributed by atoms with Gasteiger partial charge in [-0.3, -0.25) is 0 Å². The summed E-state index contributed by atoms with van der Waals surface area (Å²) in [6, 6.07) is 4.90. The van der Waals surface area contributed by atoms with Gasteiger partial charge in [0.15, 0.2) is 5.75 Å². The van der Waals surface area contributed by atoms with Crippen LogP contribution < -0.4 is 10.5 Å². The summed E-state index contributed by atoms with van der Waals surface area (Å²) in [5.41, 5.74) is 4.65. The number of carbonyl (C=O) groups is 1. The molecular formula is C24H35F3N4O4. The number of halogens is 3. The molecule has 3 rings (SSSR count). The zero-order valence-corrected chi connectivity index (χ0v) is 21.1. The van der Waals surface area contributed by atoms with Crippen LogP contribution in [0.15, 0.2) is 36.7 Å². The van der Waals surface area contributed by atoms with Gasteiger partial charge in [0.2, 0.25) is 5.95 Å². The number of nitrogen functional groups attached to an aromatic ring is 1. The molecule has 196 valence electrons.